The van der Waals surface area contributed by atoms with Crippen molar-refractivity contribution in [3.63, 3.8) is 0 Å². The summed E-state index contributed by atoms with van der Waals surface area (Å²) < 4.78 is 5.09. The van der Waals surface area contributed by atoms with E-state index in [2.05, 4.69) is 0 Å². The lowest BCUT2D eigenvalue weighted by molar-refractivity contribution is -0.139. The highest BCUT2D eigenvalue weighted by Gasteiger charge is 2.04. The molecule has 1 aromatic carbocycles. The van der Waals surface area contributed by atoms with Gasteiger partial charge in [0.1, 0.15) is 0 Å². The predicted octanol–water partition coefficient (Wildman–Crippen LogP) is 2.88. The van der Waals surface area contributed by atoms with Gasteiger partial charge in [0.05, 0.1) is 0 Å². The summed E-state index contributed by atoms with van der Waals surface area (Å²) in [6.45, 7) is -0.297. The molecule has 2 aromatic rings. The Balaban J connectivity index is 2.11. The molecule has 82 valence electrons. The van der Waals surface area contributed by atoms with E-state index in [1.54, 1.807) is 6.07 Å². The maximum absolute atomic E-state index is 10.3. The topological polar surface area (TPSA) is 46.5 Å². The second-order valence-electron chi connectivity index (χ2n) is 3.17. The average molecular weight is 234 g/mol. The quantitative estimate of drug-likeness (QED) is 0.884. The Bertz CT molecular complexity index is 476. The van der Waals surface area contributed by atoms with Crippen LogP contribution in [0.15, 0.2) is 42.5 Å². The standard InChI is InChI=1S/C12H10O3S/c13-11(14)8-15-12-7-6-10(16-12)9-4-2-1-3-5-9/h1-7H,8H2,(H,13,14). The monoisotopic (exact) mass is 234 g/mol. The molecule has 2 rings (SSSR count). The third-order valence-corrected chi connectivity index (χ3v) is 3.02. The van der Waals surface area contributed by atoms with Crippen LogP contribution >= 0.6 is 11.3 Å². The third kappa shape index (κ3) is 2.61. The van der Waals surface area contributed by atoms with Gasteiger partial charge in [-0.25, -0.2) is 4.79 Å². The molecular formula is C12H10O3S. The van der Waals surface area contributed by atoms with Crippen molar-refractivity contribution < 1.29 is 14.6 Å². The average Bonchev–Trinajstić information content (AvgIpc) is 2.76. The third-order valence-electron chi connectivity index (χ3n) is 1.98. The molecule has 1 heterocycles. The summed E-state index contributed by atoms with van der Waals surface area (Å²) in [6, 6.07) is 13.6. The van der Waals surface area contributed by atoms with E-state index in [1.165, 1.54) is 11.3 Å². The van der Waals surface area contributed by atoms with Gasteiger partial charge in [0, 0.05) is 4.88 Å². The molecule has 3 nitrogen and oxygen atoms in total. The first-order valence-electron chi connectivity index (χ1n) is 4.75. The lowest BCUT2D eigenvalue weighted by atomic mass is 10.2. The van der Waals surface area contributed by atoms with Crippen LogP contribution in [0.4, 0.5) is 0 Å². The summed E-state index contributed by atoms with van der Waals surface area (Å²) in [7, 11) is 0. The fraction of sp³-hybridized carbons (Fsp3) is 0.0833. The number of carbonyl (C=O) groups is 1. The van der Waals surface area contributed by atoms with Crippen LogP contribution in [0.25, 0.3) is 10.4 Å². The van der Waals surface area contributed by atoms with E-state index < -0.39 is 5.97 Å². The van der Waals surface area contributed by atoms with Gasteiger partial charge in [0.2, 0.25) is 0 Å². The number of hydrogen-bond acceptors (Lipinski definition) is 3. The van der Waals surface area contributed by atoms with Crippen molar-refractivity contribution in [2.45, 2.75) is 0 Å². The summed E-state index contributed by atoms with van der Waals surface area (Å²) in [5, 5.41) is 9.10. The second-order valence-corrected chi connectivity index (χ2v) is 4.21. The SMILES string of the molecule is O=C(O)COc1ccc(-c2ccccc2)s1. The zero-order chi connectivity index (χ0) is 11.4. The van der Waals surface area contributed by atoms with Gasteiger partial charge in [-0.2, -0.15) is 0 Å². The number of hydrogen-bond donors (Lipinski definition) is 1. The molecule has 0 radical (unpaired) electrons. The molecule has 0 aliphatic carbocycles. The van der Waals surface area contributed by atoms with Crippen molar-refractivity contribution >= 4 is 17.3 Å². The summed E-state index contributed by atoms with van der Waals surface area (Å²) in [5.74, 6) is -0.963. The Morgan fingerprint density at radius 3 is 2.62 bits per heavy atom. The van der Waals surface area contributed by atoms with Crippen LogP contribution in [-0.2, 0) is 4.79 Å². The van der Waals surface area contributed by atoms with Gasteiger partial charge in [0.15, 0.2) is 11.7 Å². The molecule has 0 bridgehead atoms. The van der Waals surface area contributed by atoms with Crippen LogP contribution in [-0.4, -0.2) is 17.7 Å². The van der Waals surface area contributed by atoms with Crippen LogP contribution < -0.4 is 4.74 Å². The van der Waals surface area contributed by atoms with Gasteiger partial charge in [-0.3, -0.25) is 0 Å². The molecule has 0 atom stereocenters. The van der Waals surface area contributed by atoms with E-state index in [-0.39, 0.29) is 6.61 Å². The second kappa shape index (κ2) is 4.81. The largest absolute Gasteiger partial charge is 0.479 e. The Hall–Kier alpha value is -1.81. The normalized spacial score (nSPS) is 10.0. The highest BCUT2D eigenvalue weighted by atomic mass is 32.1. The fourth-order valence-electron chi connectivity index (χ4n) is 1.29. The molecule has 0 fully saturated rings. The van der Waals surface area contributed by atoms with Crippen LogP contribution in [0.2, 0.25) is 0 Å². The van der Waals surface area contributed by atoms with Gasteiger partial charge >= 0.3 is 5.97 Å². The Labute approximate surface area is 96.9 Å². The van der Waals surface area contributed by atoms with Crippen LogP contribution in [0.3, 0.4) is 0 Å². The molecule has 4 heteroatoms. The van der Waals surface area contributed by atoms with E-state index >= 15 is 0 Å². The van der Waals surface area contributed by atoms with E-state index in [1.807, 2.05) is 36.4 Å². The molecule has 0 amide bonds. The zero-order valence-electron chi connectivity index (χ0n) is 8.42. The lowest BCUT2D eigenvalue weighted by Gasteiger charge is -1.97. The van der Waals surface area contributed by atoms with E-state index in [9.17, 15) is 4.79 Å². The maximum atomic E-state index is 10.3. The van der Waals surface area contributed by atoms with Gasteiger partial charge in [-0.1, -0.05) is 41.7 Å². The van der Waals surface area contributed by atoms with Crippen molar-refractivity contribution in [3.8, 4) is 15.5 Å². The van der Waals surface area contributed by atoms with Crippen molar-refractivity contribution in [2.75, 3.05) is 6.61 Å². The first-order valence-corrected chi connectivity index (χ1v) is 5.57. The zero-order valence-corrected chi connectivity index (χ0v) is 9.24. The Kier molecular flexibility index (Phi) is 3.22. The fourth-order valence-corrected chi connectivity index (χ4v) is 2.15. The minimum Gasteiger partial charge on any atom is -0.479 e. The molecule has 0 saturated heterocycles. The highest BCUT2D eigenvalue weighted by Crippen LogP contribution is 2.32. The van der Waals surface area contributed by atoms with E-state index in [0.717, 1.165) is 10.4 Å². The molecule has 1 aromatic heterocycles. The van der Waals surface area contributed by atoms with Gasteiger partial charge in [-0.05, 0) is 17.7 Å². The van der Waals surface area contributed by atoms with Crippen molar-refractivity contribution in [1.82, 2.24) is 0 Å². The highest BCUT2D eigenvalue weighted by molar-refractivity contribution is 7.17. The molecular weight excluding hydrogens is 224 g/mol. The van der Waals surface area contributed by atoms with Crippen LogP contribution in [0, 0.1) is 0 Å². The number of carboxylic acids is 1. The summed E-state index contributed by atoms with van der Waals surface area (Å²) in [6.07, 6.45) is 0. The number of benzene rings is 1. The molecule has 0 aliphatic heterocycles. The number of ether oxygens (including phenoxy) is 1. The minimum atomic E-state index is -0.963. The molecule has 0 aliphatic rings. The number of thiophene rings is 1. The van der Waals surface area contributed by atoms with Crippen LogP contribution in [0.5, 0.6) is 5.06 Å². The van der Waals surface area contributed by atoms with Crippen molar-refractivity contribution in [1.29, 1.82) is 0 Å². The smallest absolute Gasteiger partial charge is 0.341 e. The Morgan fingerprint density at radius 1 is 1.19 bits per heavy atom. The first kappa shape index (κ1) is 10.7. The van der Waals surface area contributed by atoms with Crippen molar-refractivity contribution in [2.24, 2.45) is 0 Å². The number of carboxylic acid groups (broad SMARTS) is 1. The molecule has 1 N–H and O–H groups in total. The molecule has 16 heavy (non-hydrogen) atoms. The molecule has 0 spiro atoms. The predicted molar refractivity (Wildman–Crippen MR) is 62.9 cm³/mol. The van der Waals surface area contributed by atoms with Gasteiger partial charge < -0.3 is 9.84 Å². The van der Waals surface area contributed by atoms with E-state index in [4.69, 9.17) is 9.84 Å². The van der Waals surface area contributed by atoms with Gasteiger partial charge in [0.25, 0.3) is 0 Å². The lowest BCUT2D eigenvalue weighted by Crippen LogP contribution is -2.08. The summed E-state index contributed by atoms with van der Waals surface area (Å²) in [4.78, 5) is 11.4. The summed E-state index contributed by atoms with van der Waals surface area (Å²) >= 11 is 1.44. The summed E-state index contributed by atoms with van der Waals surface area (Å²) in [5.41, 5.74) is 1.11. The number of rotatable bonds is 4. The molecule has 0 saturated carbocycles. The number of aliphatic carboxylic acids is 1. The van der Waals surface area contributed by atoms with Gasteiger partial charge in [-0.15, -0.1) is 0 Å². The molecule has 0 unspecified atom stereocenters. The Morgan fingerprint density at radius 2 is 1.94 bits per heavy atom. The van der Waals surface area contributed by atoms with Crippen LogP contribution in [0.1, 0.15) is 0 Å². The van der Waals surface area contributed by atoms with E-state index in [0.29, 0.717) is 5.06 Å². The maximum Gasteiger partial charge on any atom is 0.341 e. The van der Waals surface area contributed by atoms with Crippen molar-refractivity contribution in [3.05, 3.63) is 42.5 Å². The first-order chi connectivity index (χ1) is 7.75. The minimum absolute atomic E-state index is 0.297.